The Morgan fingerprint density at radius 3 is 2.48 bits per heavy atom. The Bertz CT molecular complexity index is 894. The van der Waals surface area contributed by atoms with E-state index in [2.05, 4.69) is 17.1 Å². The first-order valence-corrected chi connectivity index (χ1v) is 8.47. The van der Waals surface area contributed by atoms with Gasteiger partial charge in [0, 0.05) is 22.2 Å². The van der Waals surface area contributed by atoms with Gasteiger partial charge in [-0.3, -0.25) is 0 Å². The summed E-state index contributed by atoms with van der Waals surface area (Å²) in [4.78, 5) is 15.6. The summed E-state index contributed by atoms with van der Waals surface area (Å²) in [6.07, 6.45) is 0. The van der Waals surface area contributed by atoms with Crippen LogP contribution in [0.4, 0.5) is 0 Å². The van der Waals surface area contributed by atoms with Crippen molar-refractivity contribution in [1.29, 1.82) is 0 Å². The smallest absolute Gasteiger partial charge is 0.349 e. The molecule has 0 spiro atoms. The number of carbonyl (C=O) groups excluding carboxylic acids is 1. The van der Waals surface area contributed by atoms with Crippen molar-refractivity contribution in [2.75, 3.05) is 6.61 Å². The molecule has 1 heterocycles. The van der Waals surface area contributed by atoms with E-state index in [1.54, 1.807) is 20.8 Å². The SMILES string of the molecule is CCOC(=O)C(C)(C)Oc1cccc2[nH]c(C)c(-c3ccccc3)c12. The van der Waals surface area contributed by atoms with E-state index in [9.17, 15) is 4.79 Å². The molecule has 0 saturated heterocycles. The van der Waals surface area contributed by atoms with Gasteiger partial charge in [0.25, 0.3) is 0 Å². The number of rotatable bonds is 5. The molecule has 1 aromatic heterocycles. The van der Waals surface area contributed by atoms with Crippen LogP contribution < -0.4 is 4.74 Å². The van der Waals surface area contributed by atoms with Gasteiger partial charge in [0.2, 0.25) is 0 Å². The summed E-state index contributed by atoms with van der Waals surface area (Å²) in [5.41, 5.74) is 3.17. The predicted octanol–water partition coefficient (Wildman–Crippen LogP) is 4.86. The van der Waals surface area contributed by atoms with E-state index in [-0.39, 0.29) is 5.97 Å². The summed E-state index contributed by atoms with van der Waals surface area (Å²) in [5, 5.41) is 0.976. The number of hydrogen-bond acceptors (Lipinski definition) is 3. The topological polar surface area (TPSA) is 51.3 Å². The lowest BCUT2D eigenvalue weighted by molar-refractivity contribution is -0.158. The quantitative estimate of drug-likeness (QED) is 0.676. The number of aromatic nitrogens is 1. The maximum Gasteiger partial charge on any atom is 0.349 e. The van der Waals surface area contributed by atoms with E-state index >= 15 is 0 Å². The van der Waals surface area contributed by atoms with Crippen LogP contribution in [-0.2, 0) is 9.53 Å². The second-order valence-corrected chi connectivity index (χ2v) is 6.50. The minimum atomic E-state index is -1.07. The predicted molar refractivity (Wildman–Crippen MR) is 99.8 cm³/mol. The van der Waals surface area contributed by atoms with E-state index in [4.69, 9.17) is 9.47 Å². The van der Waals surface area contributed by atoms with E-state index in [0.717, 1.165) is 27.7 Å². The van der Waals surface area contributed by atoms with Crippen LogP contribution in [-0.4, -0.2) is 23.2 Å². The Kier molecular flexibility index (Phi) is 4.53. The van der Waals surface area contributed by atoms with Gasteiger partial charge in [0.15, 0.2) is 5.60 Å². The highest BCUT2D eigenvalue weighted by Crippen LogP contribution is 2.39. The number of benzene rings is 2. The molecule has 0 aliphatic heterocycles. The molecule has 3 aromatic rings. The minimum absolute atomic E-state index is 0.328. The van der Waals surface area contributed by atoms with Crippen LogP contribution in [0, 0.1) is 6.92 Å². The van der Waals surface area contributed by atoms with Crippen LogP contribution in [0.5, 0.6) is 5.75 Å². The van der Waals surface area contributed by atoms with Gasteiger partial charge in [-0.1, -0.05) is 36.4 Å². The third-order valence-corrected chi connectivity index (χ3v) is 4.17. The fourth-order valence-corrected chi connectivity index (χ4v) is 3.02. The molecule has 0 radical (unpaired) electrons. The van der Waals surface area contributed by atoms with Gasteiger partial charge in [0.1, 0.15) is 5.75 Å². The number of H-pyrrole nitrogens is 1. The van der Waals surface area contributed by atoms with Crippen LogP contribution in [0.2, 0.25) is 0 Å². The van der Waals surface area contributed by atoms with Crippen molar-refractivity contribution in [2.24, 2.45) is 0 Å². The van der Waals surface area contributed by atoms with E-state index in [1.807, 2.05) is 43.3 Å². The van der Waals surface area contributed by atoms with Gasteiger partial charge in [-0.25, -0.2) is 4.79 Å². The Labute approximate surface area is 147 Å². The Balaban J connectivity index is 2.12. The van der Waals surface area contributed by atoms with Crippen molar-refractivity contribution in [1.82, 2.24) is 4.98 Å². The minimum Gasteiger partial charge on any atom is -0.475 e. The van der Waals surface area contributed by atoms with E-state index in [0.29, 0.717) is 12.4 Å². The third-order valence-electron chi connectivity index (χ3n) is 4.17. The van der Waals surface area contributed by atoms with Crippen molar-refractivity contribution in [3.05, 3.63) is 54.2 Å². The molecule has 130 valence electrons. The second-order valence-electron chi connectivity index (χ2n) is 6.50. The van der Waals surface area contributed by atoms with Gasteiger partial charge in [0.05, 0.1) is 6.61 Å². The highest BCUT2D eigenvalue weighted by Gasteiger charge is 2.32. The molecule has 0 fully saturated rings. The monoisotopic (exact) mass is 337 g/mol. The zero-order chi connectivity index (χ0) is 18.0. The Morgan fingerprint density at radius 2 is 1.80 bits per heavy atom. The molecule has 3 rings (SSSR count). The lowest BCUT2D eigenvalue weighted by atomic mass is 10.0. The van der Waals surface area contributed by atoms with E-state index < -0.39 is 5.60 Å². The largest absolute Gasteiger partial charge is 0.475 e. The standard InChI is InChI=1S/C21H23NO3/c1-5-24-20(23)21(3,4)25-17-13-9-12-16-19(17)18(14(2)22-16)15-10-7-6-8-11-15/h6-13,22H,5H2,1-4H3. The zero-order valence-corrected chi connectivity index (χ0v) is 15.1. The van der Waals surface area contributed by atoms with Crippen molar-refractivity contribution >= 4 is 16.9 Å². The number of esters is 1. The van der Waals surface area contributed by atoms with Crippen LogP contribution in [0.1, 0.15) is 26.5 Å². The van der Waals surface area contributed by atoms with Gasteiger partial charge >= 0.3 is 5.97 Å². The first kappa shape index (κ1) is 17.1. The maximum atomic E-state index is 12.2. The molecule has 0 atom stereocenters. The molecule has 0 aliphatic rings. The molecule has 0 saturated carbocycles. The molecule has 0 unspecified atom stereocenters. The number of ether oxygens (including phenoxy) is 2. The van der Waals surface area contributed by atoms with Crippen molar-refractivity contribution in [2.45, 2.75) is 33.3 Å². The summed E-state index contributed by atoms with van der Waals surface area (Å²) in [5.74, 6) is 0.291. The van der Waals surface area contributed by atoms with Gasteiger partial charge in [-0.15, -0.1) is 0 Å². The fraction of sp³-hybridized carbons (Fsp3) is 0.286. The molecule has 0 amide bonds. The molecule has 4 heteroatoms. The van der Waals surface area contributed by atoms with Crippen LogP contribution in [0.25, 0.3) is 22.0 Å². The summed E-state index contributed by atoms with van der Waals surface area (Å²) in [7, 11) is 0. The normalized spacial score (nSPS) is 11.5. The third kappa shape index (κ3) is 3.25. The molecule has 0 bridgehead atoms. The number of hydrogen-bond donors (Lipinski definition) is 1. The summed E-state index contributed by atoms with van der Waals surface area (Å²) in [6, 6.07) is 16.0. The summed E-state index contributed by atoms with van der Waals surface area (Å²) in [6.45, 7) is 7.62. The van der Waals surface area contributed by atoms with Crippen LogP contribution in [0.15, 0.2) is 48.5 Å². The lowest BCUT2D eigenvalue weighted by Crippen LogP contribution is -2.39. The number of aryl methyl sites for hydroxylation is 1. The maximum absolute atomic E-state index is 12.2. The summed E-state index contributed by atoms with van der Waals surface area (Å²) < 4.78 is 11.2. The number of fused-ring (bicyclic) bond motifs is 1. The molecule has 4 nitrogen and oxygen atoms in total. The zero-order valence-electron chi connectivity index (χ0n) is 15.1. The Morgan fingerprint density at radius 1 is 1.08 bits per heavy atom. The average Bonchev–Trinajstić information content (AvgIpc) is 2.92. The number of nitrogens with one attached hydrogen (secondary N) is 1. The lowest BCUT2D eigenvalue weighted by Gasteiger charge is -2.24. The number of aromatic amines is 1. The number of carbonyl (C=O) groups is 1. The first-order valence-electron chi connectivity index (χ1n) is 8.47. The van der Waals surface area contributed by atoms with Gasteiger partial charge < -0.3 is 14.5 Å². The van der Waals surface area contributed by atoms with Crippen LogP contribution in [0.3, 0.4) is 0 Å². The first-order chi connectivity index (χ1) is 11.9. The molecule has 2 aromatic carbocycles. The molecule has 25 heavy (non-hydrogen) atoms. The van der Waals surface area contributed by atoms with Gasteiger partial charge in [-0.2, -0.15) is 0 Å². The van der Waals surface area contributed by atoms with Crippen molar-refractivity contribution in [3.63, 3.8) is 0 Å². The Hall–Kier alpha value is -2.75. The second kappa shape index (κ2) is 6.63. The fourth-order valence-electron chi connectivity index (χ4n) is 3.02. The highest BCUT2D eigenvalue weighted by atomic mass is 16.6. The van der Waals surface area contributed by atoms with Crippen LogP contribution >= 0.6 is 0 Å². The molecule has 0 aliphatic carbocycles. The highest BCUT2D eigenvalue weighted by molar-refractivity contribution is 6.01. The van der Waals surface area contributed by atoms with Crippen molar-refractivity contribution < 1.29 is 14.3 Å². The molecule has 1 N–H and O–H groups in total. The summed E-state index contributed by atoms with van der Waals surface area (Å²) >= 11 is 0. The van der Waals surface area contributed by atoms with Gasteiger partial charge in [-0.05, 0) is 45.4 Å². The molecular weight excluding hydrogens is 314 g/mol. The molecular formula is C21H23NO3. The van der Waals surface area contributed by atoms with E-state index in [1.165, 1.54) is 0 Å². The average molecular weight is 337 g/mol. The van der Waals surface area contributed by atoms with Crippen molar-refractivity contribution in [3.8, 4) is 16.9 Å².